The van der Waals surface area contributed by atoms with Gasteiger partial charge < -0.3 is 77.5 Å². The Labute approximate surface area is 851 Å². The van der Waals surface area contributed by atoms with E-state index in [1.807, 2.05) is 21.3 Å². The van der Waals surface area contributed by atoms with Crippen LogP contribution in [-0.2, 0) is 26.2 Å². The molecule has 5 fully saturated rings. The van der Waals surface area contributed by atoms with E-state index in [0.29, 0.717) is 105 Å². The van der Waals surface area contributed by atoms with E-state index in [0.717, 1.165) is 131 Å². The van der Waals surface area contributed by atoms with E-state index < -0.39 is 17.9 Å². The number of ether oxygens (including phenoxy) is 2. The van der Waals surface area contributed by atoms with Gasteiger partial charge in [-0.15, -0.1) is 0 Å². The first-order valence-corrected chi connectivity index (χ1v) is 41.5. The second-order valence-corrected chi connectivity index (χ2v) is 32.0. The van der Waals surface area contributed by atoms with Crippen LogP contribution in [0.5, 0.6) is 0 Å². The molecule has 17 heterocycles. The predicted molar refractivity (Wildman–Crippen MR) is 475 cm³/mol. The van der Waals surface area contributed by atoms with Crippen LogP contribution in [0.15, 0.2) is 101 Å². The molecule has 125 heavy (non-hydrogen) atoms. The second kappa shape index (κ2) is 51.6. The number of carboxylic acids is 1. The van der Waals surface area contributed by atoms with E-state index in [2.05, 4.69) is 130 Å². The summed E-state index contributed by atoms with van der Waals surface area (Å²) in [7, 11) is 12.4. The SMILES string of the molecule is C.CCOC(=O)c1cnc2ccc(Cl)nc2c1Cl.CCOC(=O)c1cnc2ccc(Cl)nc2c1NC1CCN(C)CC1.CN1CCC(N)CC1.CN1CCC(Nc2c(C(=O)O)cnc3ccc(Cl)nc23)CC1.CN1CCC(n2c(=O)[nH]c3cnc4ccc(Cl)nc4c32)CC1.CN1CCC(n2c(=O)n(C)c3cnc4ccc(Cl)nc4c32)CC1.O=CO[O-].[H-].[K+].[K+].[Li+].[OH-]. The third-order valence-corrected chi connectivity index (χ3v) is 22.8. The number of pyridine rings is 10. The summed E-state index contributed by atoms with van der Waals surface area (Å²) >= 11 is 36.0. The summed E-state index contributed by atoms with van der Waals surface area (Å²) < 4.78 is 15.4. The van der Waals surface area contributed by atoms with Gasteiger partial charge in [-0.25, -0.2) is 48.9 Å². The van der Waals surface area contributed by atoms with Crippen molar-refractivity contribution in [3.63, 3.8) is 0 Å². The minimum absolute atomic E-state index is 0. The average Bonchev–Trinajstić information content (AvgIpc) is 1.67. The van der Waals surface area contributed by atoms with Crippen molar-refractivity contribution in [3.8, 4) is 0 Å². The van der Waals surface area contributed by atoms with Gasteiger partial charge in [0.25, 0.3) is 6.47 Å². The van der Waals surface area contributed by atoms with Crippen molar-refractivity contribution < 1.29 is 172 Å². The number of nitrogens with one attached hydrogen (secondary N) is 3. The smallest absolute Gasteiger partial charge is 1.00 e. The van der Waals surface area contributed by atoms with Gasteiger partial charge in [0.15, 0.2) is 0 Å². The summed E-state index contributed by atoms with van der Waals surface area (Å²) in [5, 5.41) is 26.7. The Morgan fingerprint density at radius 1 is 0.504 bits per heavy atom. The third kappa shape index (κ3) is 28.3. The molecular formula is C82H101Cl6K2LiN22O12. The number of carbonyl (C=O) groups excluding carboxylic acids is 3. The molecule has 0 spiro atoms. The molecule has 0 aromatic carbocycles. The summed E-state index contributed by atoms with van der Waals surface area (Å²) in [4.78, 5) is 129. The Bertz CT molecular complexity index is 5750. The second-order valence-electron chi connectivity index (χ2n) is 29.7. The molecular weight excluding hydrogens is 1780 g/mol. The fourth-order valence-corrected chi connectivity index (χ4v) is 15.7. The predicted octanol–water partition coefficient (Wildman–Crippen LogP) is 3.02. The van der Waals surface area contributed by atoms with Crippen LogP contribution in [0.2, 0.25) is 30.8 Å². The molecule has 0 aliphatic carbocycles. The van der Waals surface area contributed by atoms with Gasteiger partial charge in [-0.1, -0.05) is 77.0 Å². The Balaban J connectivity index is 0.000000268. The number of hydrogen-bond acceptors (Lipinski definition) is 29. The van der Waals surface area contributed by atoms with E-state index in [9.17, 15) is 29.1 Å². The molecule has 17 rings (SSSR count). The summed E-state index contributed by atoms with van der Waals surface area (Å²) in [5.41, 5.74) is 16.9. The first kappa shape index (κ1) is 108. The van der Waals surface area contributed by atoms with Gasteiger partial charge in [0, 0.05) is 55.8 Å². The van der Waals surface area contributed by atoms with Crippen molar-refractivity contribution in [1.82, 2.24) is 93.0 Å². The minimum Gasteiger partial charge on any atom is -1.00 e. The van der Waals surface area contributed by atoms with Crippen LogP contribution in [0.4, 0.5) is 11.4 Å². The van der Waals surface area contributed by atoms with Crippen LogP contribution in [0.25, 0.3) is 77.2 Å². The minimum atomic E-state index is -1.02. The number of fused-ring (bicyclic) bond motifs is 9. The van der Waals surface area contributed by atoms with Crippen molar-refractivity contribution in [2.24, 2.45) is 12.8 Å². The number of carboxylic acid groups (broad SMARTS) is 1. The van der Waals surface area contributed by atoms with E-state index in [1.165, 1.54) is 38.3 Å². The van der Waals surface area contributed by atoms with Crippen molar-refractivity contribution >= 4 is 183 Å². The molecule has 7 N–H and O–H groups in total. The van der Waals surface area contributed by atoms with Gasteiger partial charge in [0.1, 0.15) is 64.5 Å². The maximum absolute atomic E-state index is 12.8. The van der Waals surface area contributed by atoms with E-state index in [4.69, 9.17) is 94.9 Å². The van der Waals surface area contributed by atoms with Crippen molar-refractivity contribution in [2.75, 3.05) is 125 Å². The molecule has 34 nitrogen and oxygen atoms in total. The monoisotopic (exact) mass is 1880 g/mol. The van der Waals surface area contributed by atoms with Crippen LogP contribution >= 0.6 is 69.6 Å². The number of nitrogens with two attached hydrogens (primary N) is 1. The standard InChI is InChI=1S/C17H21ClN4O2.C16H18ClN5O.C15H16ClN5O.C15H17ClN4O2.C11H8Cl2N2O2.C6H14N2.CH2O3.CH4.2K.Li.H2O.H/c1-3-24-17(23)12-10-19-13-4-5-14(18)21-16(13)15(12)20-11-6-8-22(2)9-7-11;1-20-7-5-10(6-8-20)22-15-12(21(2)16(22)23)9-18-11-3-4-13(17)19-14(11)15;1-20-6-4-9(5-7-20)21-14-11(18-15(21)22)8-17-10-2-3-12(16)19-13(10)14;1-20-6-4-9(5-7-20)18-13-10(15(21)22)8-17-11-2-3-12(16)19-14(11)13;1-2-17-11(16)6-5-14-7-3-4-8(12)15-10(7)9(6)13;1-8-4-2-6(7)3-5-8;2-1-4-3;;;;;;/h4-5,10-11H,3,6-9H2,1-2H3,(H,19,20);3-4,9-10H,5-8H2,1-2H3;2-3,8-9H,4-7H2,1H3,(H,18,22);2-3,8-9H,4-7H2,1H3,(H,17,18)(H,21,22);3-5H,2H2,1H3;6H,2-5,7H2,1H3;1,3H;1H4;;;;1H2;/q;;;;;;;;3*+1;;-1/p-2. The molecule has 12 aromatic rings. The van der Waals surface area contributed by atoms with E-state index >= 15 is 0 Å². The first-order valence-electron chi connectivity index (χ1n) is 39.3. The van der Waals surface area contributed by atoms with Gasteiger partial charge in [-0.3, -0.25) is 43.4 Å². The summed E-state index contributed by atoms with van der Waals surface area (Å²) in [5.74, 6) is -1.94. The number of piperidine rings is 5. The molecule has 0 amide bonds. The van der Waals surface area contributed by atoms with Crippen molar-refractivity contribution in [1.29, 1.82) is 0 Å². The number of anilines is 2. The summed E-state index contributed by atoms with van der Waals surface area (Å²) in [6, 6.07) is 18.7. The number of H-pyrrole nitrogens is 1. The maximum atomic E-state index is 12.8. The average molecular weight is 1880 g/mol. The summed E-state index contributed by atoms with van der Waals surface area (Å²) in [6.45, 7) is 14.2. The Hall–Kier alpha value is -5.89. The number of aromatic carboxylic acids is 1. The molecule has 5 saturated heterocycles. The van der Waals surface area contributed by atoms with Gasteiger partial charge in [0.05, 0.1) is 97.2 Å². The molecule has 0 atom stereocenters. The zero-order valence-corrected chi connectivity index (χ0v) is 81.8. The molecule has 0 unspecified atom stereocenters. The van der Waals surface area contributed by atoms with Crippen molar-refractivity contribution in [2.45, 2.75) is 116 Å². The number of likely N-dealkylation sites (tertiary alicyclic amines) is 5. The van der Waals surface area contributed by atoms with Gasteiger partial charge in [-0.05, 0) is 239 Å². The molecule has 656 valence electrons. The van der Waals surface area contributed by atoms with Gasteiger partial charge in [0.2, 0.25) is 0 Å². The first-order chi connectivity index (χ1) is 57.6. The number of carbonyl (C=O) groups is 4. The number of aryl methyl sites for hydroxylation is 1. The van der Waals surface area contributed by atoms with Gasteiger partial charge >= 0.3 is 151 Å². The van der Waals surface area contributed by atoms with Crippen LogP contribution in [0.1, 0.15) is 130 Å². The quantitative estimate of drug-likeness (QED) is 0.0293. The Kier molecular flexibility index (Phi) is 44.6. The number of halogens is 6. The number of aromatic nitrogens is 14. The van der Waals surface area contributed by atoms with Crippen LogP contribution in [0, 0.1) is 0 Å². The van der Waals surface area contributed by atoms with Gasteiger partial charge in [-0.2, -0.15) is 0 Å². The Morgan fingerprint density at radius 2 is 0.832 bits per heavy atom. The normalized spacial score (nSPS) is 15.6. The molecule has 12 aromatic heterocycles. The summed E-state index contributed by atoms with van der Waals surface area (Å²) in [6.07, 6.45) is 17.8. The number of esters is 2. The maximum Gasteiger partial charge on any atom is 1.00 e. The zero-order valence-electron chi connectivity index (χ0n) is 72.1. The largest absolute Gasteiger partial charge is 1.00 e. The number of rotatable bonds is 12. The molecule has 0 radical (unpaired) electrons. The zero-order chi connectivity index (χ0) is 86.0. The molecule has 0 bridgehead atoms. The van der Waals surface area contributed by atoms with Crippen molar-refractivity contribution in [3.05, 3.63) is 160 Å². The number of nitrogens with zero attached hydrogens (tertiary/aromatic N) is 18. The topological polar surface area (TPSA) is 429 Å². The molecule has 5 aliphatic heterocycles. The van der Waals surface area contributed by atoms with Crippen LogP contribution < -0.4 is 155 Å². The number of aromatic amines is 1. The number of imidazole rings is 2. The van der Waals surface area contributed by atoms with E-state index in [-0.39, 0.29) is 201 Å². The fraction of sp³-hybridized carbons (Fsp3) is 0.439. The Morgan fingerprint density at radius 3 is 1.24 bits per heavy atom. The molecule has 5 aliphatic rings. The van der Waals surface area contributed by atoms with E-state index in [1.54, 1.807) is 92.6 Å². The number of hydrogen-bond donors (Lipinski definition) is 5. The molecule has 0 saturated carbocycles. The fourth-order valence-electron chi connectivity index (χ4n) is 14.7. The molecule has 43 heteroatoms. The van der Waals surface area contributed by atoms with Crippen LogP contribution in [0.3, 0.4) is 0 Å². The van der Waals surface area contributed by atoms with Crippen LogP contribution in [-0.4, -0.2) is 260 Å². The third-order valence-electron chi connectivity index (χ3n) is 21.3.